The molecule has 5 heteroatoms. The highest BCUT2D eigenvalue weighted by atomic mass is 19.1. The molecule has 4 nitrogen and oxygen atoms in total. The predicted octanol–water partition coefficient (Wildman–Crippen LogP) is 3.72. The molecule has 0 saturated carbocycles. The van der Waals surface area contributed by atoms with Gasteiger partial charge in [-0.1, -0.05) is 30.3 Å². The topological polar surface area (TPSA) is 36.4 Å². The summed E-state index contributed by atoms with van der Waals surface area (Å²) in [5, 5.41) is 1.18. The summed E-state index contributed by atoms with van der Waals surface area (Å²) in [7, 11) is 0. The molecule has 0 bridgehead atoms. The summed E-state index contributed by atoms with van der Waals surface area (Å²) in [6, 6.07) is 14.2. The number of rotatable bonds is 3. The monoisotopic (exact) mass is 363 g/mol. The van der Waals surface area contributed by atoms with Gasteiger partial charge in [0, 0.05) is 56.1 Å². The van der Waals surface area contributed by atoms with Crippen LogP contribution in [0.4, 0.5) is 4.39 Å². The first kappa shape index (κ1) is 17.6. The van der Waals surface area contributed by atoms with Crippen molar-refractivity contribution in [3.8, 4) is 0 Å². The number of fused-ring (bicyclic) bond motifs is 1. The molecule has 0 N–H and O–H groups in total. The van der Waals surface area contributed by atoms with E-state index in [9.17, 15) is 9.18 Å². The van der Waals surface area contributed by atoms with Crippen LogP contribution in [0.15, 0.2) is 60.9 Å². The third-order valence-electron chi connectivity index (χ3n) is 5.11. The van der Waals surface area contributed by atoms with Crippen molar-refractivity contribution in [2.45, 2.75) is 13.0 Å². The Bertz CT molecular complexity index is 945. The van der Waals surface area contributed by atoms with Crippen LogP contribution in [0.1, 0.15) is 22.3 Å². The van der Waals surface area contributed by atoms with Gasteiger partial charge in [0.1, 0.15) is 5.82 Å². The van der Waals surface area contributed by atoms with Gasteiger partial charge in [-0.3, -0.25) is 14.7 Å². The molecule has 2 heterocycles. The second-order valence-electron chi connectivity index (χ2n) is 6.92. The molecule has 0 unspecified atom stereocenters. The third-order valence-corrected chi connectivity index (χ3v) is 5.11. The Balaban J connectivity index is 1.50. The lowest BCUT2D eigenvalue weighted by Gasteiger charge is -2.22. The van der Waals surface area contributed by atoms with Gasteiger partial charge in [0.2, 0.25) is 0 Å². The second-order valence-corrected chi connectivity index (χ2v) is 6.92. The Hall–Kier alpha value is -2.79. The van der Waals surface area contributed by atoms with Gasteiger partial charge in [-0.2, -0.15) is 0 Å². The number of pyridine rings is 1. The zero-order valence-corrected chi connectivity index (χ0v) is 15.1. The molecule has 0 aliphatic carbocycles. The molecule has 138 valence electrons. The van der Waals surface area contributed by atoms with E-state index in [1.54, 1.807) is 24.4 Å². The molecular weight excluding hydrogens is 341 g/mol. The number of carbonyl (C=O) groups excluding carboxylic acids is 1. The lowest BCUT2D eigenvalue weighted by molar-refractivity contribution is 0.0763. The smallest absolute Gasteiger partial charge is 0.254 e. The number of hydrogen-bond acceptors (Lipinski definition) is 3. The summed E-state index contributed by atoms with van der Waals surface area (Å²) in [6.07, 6.45) is 4.59. The molecule has 1 aliphatic rings. The van der Waals surface area contributed by atoms with E-state index in [0.29, 0.717) is 29.4 Å². The molecule has 0 radical (unpaired) electrons. The number of hydrogen-bond donors (Lipinski definition) is 0. The minimum absolute atomic E-state index is 0.0190. The third kappa shape index (κ3) is 3.83. The van der Waals surface area contributed by atoms with Crippen LogP contribution in [0.2, 0.25) is 0 Å². The van der Waals surface area contributed by atoms with Crippen LogP contribution in [-0.4, -0.2) is 46.9 Å². The van der Waals surface area contributed by atoms with Crippen LogP contribution in [-0.2, 0) is 6.54 Å². The molecule has 0 spiro atoms. The van der Waals surface area contributed by atoms with Gasteiger partial charge < -0.3 is 4.90 Å². The van der Waals surface area contributed by atoms with Gasteiger partial charge in [-0.05, 0) is 35.6 Å². The average molecular weight is 363 g/mol. The van der Waals surface area contributed by atoms with E-state index in [4.69, 9.17) is 0 Å². The fraction of sp³-hybridized carbons (Fsp3) is 0.273. The number of halogens is 1. The van der Waals surface area contributed by atoms with Gasteiger partial charge >= 0.3 is 0 Å². The first-order valence-corrected chi connectivity index (χ1v) is 9.30. The number of carbonyl (C=O) groups is 1. The van der Waals surface area contributed by atoms with E-state index >= 15 is 0 Å². The minimum Gasteiger partial charge on any atom is -0.337 e. The van der Waals surface area contributed by atoms with Crippen molar-refractivity contribution in [1.29, 1.82) is 0 Å². The average Bonchev–Trinajstić information content (AvgIpc) is 2.94. The number of amides is 1. The Morgan fingerprint density at radius 2 is 1.81 bits per heavy atom. The lowest BCUT2D eigenvalue weighted by atomic mass is 10.0. The Labute approximate surface area is 158 Å². The van der Waals surface area contributed by atoms with Crippen molar-refractivity contribution in [3.63, 3.8) is 0 Å². The van der Waals surface area contributed by atoms with Crippen LogP contribution in [0.5, 0.6) is 0 Å². The van der Waals surface area contributed by atoms with Gasteiger partial charge in [0.15, 0.2) is 0 Å². The maximum Gasteiger partial charge on any atom is 0.254 e. The quantitative estimate of drug-likeness (QED) is 0.712. The predicted molar refractivity (Wildman–Crippen MR) is 104 cm³/mol. The summed E-state index contributed by atoms with van der Waals surface area (Å²) < 4.78 is 14.1. The van der Waals surface area contributed by atoms with Crippen LogP contribution >= 0.6 is 0 Å². The zero-order chi connectivity index (χ0) is 18.6. The van der Waals surface area contributed by atoms with Gasteiger partial charge in [-0.15, -0.1) is 0 Å². The molecule has 1 fully saturated rings. The van der Waals surface area contributed by atoms with E-state index in [2.05, 4.69) is 16.0 Å². The molecule has 1 amide bonds. The highest BCUT2D eigenvalue weighted by Crippen LogP contribution is 2.23. The van der Waals surface area contributed by atoms with E-state index in [1.807, 2.05) is 29.3 Å². The van der Waals surface area contributed by atoms with E-state index in [-0.39, 0.29) is 11.7 Å². The van der Waals surface area contributed by atoms with E-state index < -0.39 is 0 Å². The molecular formula is C22H22FN3O. The summed E-state index contributed by atoms with van der Waals surface area (Å²) >= 11 is 0. The first-order chi connectivity index (χ1) is 13.2. The number of nitrogens with zero attached hydrogens (tertiary/aromatic N) is 3. The van der Waals surface area contributed by atoms with Crippen molar-refractivity contribution in [2.75, 3.05) is 26.2 Å². The van der Waals surface area contributed by atoms with Crippen molar-refractivity contribution in [1.82, 2.24) is 14.8 Å². The molecule has 1 aromatic heterocycles. The van der Waals surface area contributed by atoms with Crippen molar-refractivity contribution in [3.05, 3.63) is 77.9 Å². The second kappa shape index (κ2) is 7.84. The van der Waals surface area contributed by atoms with Crippen LogP contribution < -0.4 is 0 Å². The molecule has 2 aromatic carbocycles. The maximum atomic E-state index is 14.1. The highest BCUT2D eigenvalue weighted by Gasteiger charge is 2.22. The zero-order valence-electron chi connectivity index (χ0n) is 15.1. The summed E-state index contributed by atoms with van der Waals surface area (Å²) in [4.78, 5) is 21.5. The van der Waals surface area contributed by atoms with Crippen molar-refractivity contribution in [2.24, 2.45) is 0 Å². The minimum atomic E-state index is -0.291. The molecule has 3 aromatic rings. The van der Waals surface area contributed by atoms with E-state index in [1.165, 1.54) is 11.6 Å². The standard InChI is InChI=1S/C22H22FN3O/c23-21-9-8-20(18-6-1-2-7-19(18)21)22(27)26-12-4-11-25(13-14-26)16-17-5-3-10-24-15-17/h1-3,5-10,15H,4,11-14,16H2. The van der Waals surface area contributed by atoms with Gasteiger partial charge in [-0.25, -0.2) is 4.39 Å². The largest absolute Gasteiger partial charge is 0.337 e. The number of benzene rings is 2. The van der Waals surface area contributed by atoms with Crippen LogP contribution in [0, 0.1) is 5.82 Å². The first-order valence-electron chi connectivity index (χ1n) is 9.30. The summed E-state index contributed by atoms with van der Waals surface area (Å²) in [5.41, 5.74) is 1.76. The SMILES string of the molecule is O=C(c1ccc(F)c2ccccc12)N1CCCN(Cc2cccnc2)CC1. The molecule has 4 rings (SSSR count). The normalized spacial score (nSPS) is 15.7. The molecule has 27 heavy (non-hydrogen) atoms. The van der Waals surface area contributed by atoms with Crippen LogP contribution in [0.25, 0.3) is 10.8 Å². The lowest BCUT2D eigenvalue weighted by Crippen LogP contribution is -2.35. The summed E-state index contributed by atoms with van der Waals surface area (Å²) in [6.45, 7) is 4.00. The van der Waals surface area contributed by atoms with Crippen molar-refractivity contribution >= 4 is 16.7 Å². The van der Waals surface area contributed by atoms with Crippen molar-refractivity contribution < 1.29 is 9.18 Å². The fourth-order valence-corrected chi connectivity index (χ4v) is 3.70. The number of aromatic nitrogens is 1. The highest BCUT2D eigenvalue weighted by molar-refractivity contribution is 6.07. The van der Waals surface area contributed by atoms with Crippen LogP contribution in [0.3, 0.4) is 0 Å². The Kier molecular flexibility index (Phi) is 5.12. The van der Waals surface area contributed by atoms with Gasteiger partial charge in [0.25, 0.3) is 5.91 Å². The molecule has 1 saturated heterocycles. The Morgan fingerprint density at radius 1 is 0.963 bits per heavy atom. The fourth-order valence-electron chi connectivity index (χ4n) is 3.70. The Morgan fingerprint density at radius 3 is 2.63 bits per heavy atom. The summed E-state index contributed by atoms with van der Waals surface area (Å²) in [5.74, 6) is -0.310. The van der Waals surface area contributed by atoms with E-state index in [0.717, 1.165) is 26.1 Å². The maximum absolute atomic E-state index is 14.1. The molecule has 1 aliphatic heterocycles. The van der Waals surface area contributed by atoms with Gasteiger partial charge in [0.05, 0.1) is 0 Å². The molecule has 0 atom stereocenters.